The Morgan fingerprint density at radius 2 is 2.31 bits per heavy atom. The van der Waals surface area contributed by atoms with E-state index in [1.54, 1.807) is 11.8 Å². The summed E-state index contributed by atoms with van der Waals surface area (Å²) >= 11 is 1.56. The number of thioether (sulfide) groups is 1. The standard InChI is InChI=1S/C11H15NO3S/c1-12-5-8(13)7-3-4-9-10(11(7)16-2)15-6-14-9/h3-4,8,12-13H,5-6H2,1-2H3. The fourth-order valence-corrected chi connectivity index (χ4v) is 2.52. The lowest BCUT2D eigenvalue weighted by Crippen LogP contribution is -2.17. The van der Waals surface area contributed by atoms with Crippen molar-refractivity contribution < 1.29 is 14.6 Å². The highest BCUT2D eigenvalue weighted by atomic mass is 32.2. The van der Waals surface area contributed by atoms with E-state index >= 15 is 0 Å². The van der Waals surface area contributed by atoms with Crippen molar-refractivity contribution in [1.29, 1.82) is 0 Å². The zero-order valence-electron chi connectivity index (χ0n) is 9.32. The molecule has 88 valence electrons. The summed E-state index contributed by atoms with van der Waals surface area (Å²) in [6, 6.07) is 3.73. The Morgan fingerprint density at radius 1 is 1.50 bits per heavy atom. The zero-order valence-corrected chi connectivity index (χ0v) is 10.1. The van der Waals surface area contributed by atoms with Crippen LogP contribution in [0, 0.1) is 0 Å². The van der Waals surface area contributed by atoms with Gasteiger partial charge in [0.15, 0.2) is 11.5 Å². The Bertz CT molecular complexity index is 384. The van der Waals surface area contributed by atoms with Gasteiger partial charge in [-0.15, -0.1) is 11.8 Å². The SMILES string of the molecule is CNCC(O)c1ccc2c(c1SC)OCO2. The number of benzene rings is 1. The van der Waals surface area contributed by atoms with E-state index in [2.05, 4.69) is 5.32 Å². The summed E-state index contributed by atoms with van der Waals surface area (Å²) in [6.07, 6.45) is 1.44. The Kier molecular flexibility index (Phi) is 3.58. The number of hydrogen-bond donors (Lipinski definition) is 2. The molecule has 0 amide bonds. The molecule has 1 atom stereocenters. The van der Waals surface area contributed by atoms with Crippen molar-refractivity contribution in [3.8, 4) is 11.5 Å². The van der Waals surface area contributed by atoms with Gasteiger partial charge in [-0.1, -0.05) is 6.07 Å². The number of aliphatic hydroxyl groups excluding tert-OH is 1. The summed E-state index contributed by atoms with van der Waals surface area (Å²) in [4.78, 5) is 0.956. The second kappa shape index (κ2) is 4.95. The molecule has 5 heteroatoms. The molecule has 1 heterocycles. The maximum absolute atomic E-state index is 9.99. The summed E-state index contributed by atoms with van der Waals surface area (Å²) in [7, 11) is 1.81. The van der Waals surface area contributed by atoms with E-state index in [0.717, 1.165) is 22.0 Å². The molecule has 0 bridgehead atoms. The Morgan fingerprint density at radius 3 is 3.00 bits per heavy atom. The van der Waals surface area contributed by atoms with Crippen molar-refractivity contribution in [3.63, 3.8) is 0 Å². The van der Waals surface area contributed by atoms with Crippen LogP contribution in [0.15, 0.2) is 17.0 Å². The van der Waals surface area contributed by atoms with Crippen molar-refractivity contribution in [2.24, 2.45) is 0 Å². The molecule has 4 nitrogen and oxygen atoms in total. The van der Waals surface area contributed by atoms with Gasteiger partial charge in [-0.3, -0.25) is 0 Å². The topological polar surface area (TPSA) is 50.7 Å². The number of rotatable bonds is 4. The smallest absolute Gasteiger partial charge is 0.231 e. The molecule has 0 saturated heterocycles. The van der Waals surface area contributed by atoms with Crippen molar-refractivity contribution in [2.75, 3.05) is 26.6 Å². The third-order valence-electron chi connectivity index (χ3n) is 2.48. The number of likely N-dealkylation sites (N-methyl/N-ethyl adjacent to an activating group) is 1. The quantitative estimate of drug-likeness (QED) is 0.780. The number of nitrogens with one attached hydrogen (secondary N) is 1. The second-order valence-electron chi connectivity index (χ2n) is 3.50. The van der Waals surface area contributed by atoms with Gasteiger partial charge in [-0.25, -0.2) is 0 Å². The van der Waals surface area contributed by atoms with Crippen LogP contribution in [0.4, 0.5) is 0 Å². The Labute approximate surface area is 98.9 Å². The third kappa shape index (κ3) is 1.98. The summed E-state index contributed by atoms with van der Waals surface area (Å²) in [5.74, 6) is 1.50. The molecule has 1 aromatic carbocycles. The summed E-state index contributed by atoms with van der Waals surface area (Å²) in [6.45, 7) is 0.779. The first-order valence-corrected chi connectivity index (χ1v) is 6.29. The van der Waals surface area contributed by atoms with E-state index in [1.165, 1.54) is 0 Å². The predicted octanol–water partition coefficient (Wildman–Crippen LogP) is 1.39. The van der Waals surface area contributed by atoms with Crippen LogP contribution < -0.4 is 14.8 Å². The number of ether oxygens (including phenoxy) is 2. The lowest BCUT2D eigenvalue weighted by atomic mass is 10.1. The number of fused-ring (bicyclic) bond motifs is 1. The molecule has 1 aliphatic rings. The molecule has 0 radical (unpaired) electrons. The van der Waals surface area contributed by atoms with E-state index in [4.69, 9.17) is 9.47 Å². The molecule has 1 aromatic rings. The van der Waals surface area contributed by atoms with Gasteiger partial charge in [0.05, 0.1) is 11.0 Å². The largest absolute Gasteiger partial charge is 0.454 e. The van der Waals surface area contributed by atoms with E-state index in [1.807, 2.05) is 25.4 Å². The average molecular weight is 241 g/mol. The molecule has 0 saturated carbocycles. The van der Waals surface area contributed by atoms with E-state index in [0.29, 0.717) is 6.54 Å². The van der Waals surface area contributed by atoms with Crippen molar-refractivity contribution in [2.45, 2.75) is 11.0 Å². The molecule has 0 aromatic heterocycles. The minimum absolute atomic E-state index is 0.258. The van der Waals surface area contributed by atoms with Crippen LogP contribution in [0.25, 0.3) is 0 Å². The first-order chi connectivity index (χ1) is 7.77. The second-order valence-corrected chi connectivity index (χ2v) is 4.31. The van der Waals surface area contributed by atoms with E-state index in [-0.39, 0.29) is 6.79 Å². The van der Waals surface area contributed by atoms with Crippen LogP contribution in [0.3, 0.4) is 0 Å². The maximum atomic E-state index is 9.99. The van der Waals surface area contributed by atoms with Crippen LogP contribution in [0.2, 0.25) is 0 Å². The van der Waals surface area contributed by atoms with Crippen LogP contribution in [0.5, 0.6) is 11.5 Å². The molecule has 2 rings (SSSR count). The molecule has 1 aliphatic heterocycles. The first-order valence-electron chi connectivity index (χ1n) is 5.07. The van der Waals surface area contributed by atoms with Crippen molar-refractivity contribution in [3.05, 3.63) is 17.7 Å². The molecule has 0 spiro atoms. The third-order valence-corrected chi connectivity index (χ3v) is 3.31. The summed E-state index contributed by atoms with van der Waals surface area (Å²) < 4.78 is 10.7. The average Bonchev–Trinajstić information content (AvgIpc) is 2.75. The van der Waals surface area contributed by atoms with Gasteiger partial charge in [0.25, 0.3) is 0 Å². The molecule has 1 unspecified atom stereocenters. The monoisotopic (exact) mass is 241 g/mol. The van der Waals surface area contributed by atoms with Crippen LogP contribution in [-0.4, -0.2) is 31.7 Å². The van der Waals surface area contributed by atoms with Crippen molar-refractivity contribution >= 4 is 11.8 Å². The Hall–Kier alpha value is -0.910. The highest BCUT2D eigenvalue weighted by Crippen LogP contribution is 2.43. The predicted molar refractivity (Wildman–Crippen MR) is 63.2 cm³/mol. The number of aliphatic hydroxyl groups is 1. The molecule has 0 fully saturated rings. The minimum Gasteiger partial charge on any atom is -0.454 e. The van der Waals surface area contributed by atoms with E-state index in [9.17, 15) is 5.11 Å². The fourth-order valence-electron chi connectivity index (χ4n) is 1.74. The van der Waals surface area contributed by atoms with Gasteiger partial charge in [-0.05, 0) is 24.9 Å². The Balaban J connectivity index is 2.38. The van der Waals surface area contributed by atoms with Gasteiger partial charge in [0, 0.05) is 6.54 Å². The van der Waals surface area contributed by atoms with Gasteiger partial charge in [-0.2, -0.15) is 0 Å². The van der Waals surface area contributed by atoms with Crippen LogP contribution in [0.1, 0.15) is 11.7 Å². The summed E-state index contributed by atoms with van der Waals surface area (Å²) in [5, 5.41) is 12.9. The van der Waals surface area contributed by atoms with Gasteiger partial charge >= 0.3 is 0 Å². The summed E-state index contributed by atoms with van der Waals surface area (Å²) in [5.41, 5.74) is 0.881. The van der Waals surface area contributed by atoms with E-state index < -0.39 is 6.10 Å². The highest BCUT2D eigenvalue weighted by Gasteiger charge is 2.23. The highest BCUT2D eigenvalue weighted by molar-refractivity contribution is 7.98. The molecule has 2 N–H and O–H groups in total. The lowest BCUT2D eigenvalue weighted by Gasteiger charge is -2.15. The first kappa shape index (κ1) is 11.6. The molecular weight excluding hydrogens is 226 g/mol. The van der Waals surface area contributed by atoms with Gasteiger partial charge in [0.2, 0.25) is 6.79 Å². The maximum Gasteiger partial charge on any atom is 0.231 e. The van der Waals surface area contributed by atoms with Crippen LogP contribution in [-0.2, 0) is 0 Å². The van der Waals surface area contributed by atoms with Crippen molar-refractivity contribution in [1.82, 2.24) is 5.32 Å². The molecule has 16 heavy (non-hydrogen) atoms. The lowest BCUT2D eigenvalue weighted by molar-refractivity contribution is 0.167. The van der Waals surface area contributed by atoms with Crippen LogP contribution >= 0.6 is 11.8 Å². The minimum atomic E-state index is -0.526. The van der Waals surface area contributed by atoms with Gasteiger partial charge in [0.1, 0.15) is 0 Å². The van der Waals surface area contributed by atoms with Gasteiger partial charge < -0.3 is 19.9 Å². The molecular formula is C11H15NO3S. The normalized spacial score (nSPS) is 15.2. The fraction of sp³-hybridized carbons (Fsp3) is 0.455. The zero-order chi connectivity index (χ0) is 11.5. The molecule has 0 aliphatic carbocycles. The number of hydrogen-bond acceptors (Lipinski definition) is 5.